The van der Waals surface area contributed by atoms with Crippen molar-refractivity contribution >= 4 is 47.8 Å². The molecule has 0 aliphatic heterocycles. The molecule has 0 radical (unpaired) electrons. The standard InChI is InChI=1S/C23H29NO3S.C21H22F3NO3/c1-4-5-13-24(23(27)19-12-10-17(3)15-21(19)28)20-14-16(2)9-11-18(20)7-6-8-22(25)26;1-2-13-25(18-11-4-3-7-15(18)8-6-12-19(26)27)20(28)16-9-5-10-17(14-16)21(22,23)24/h9-12,14-15,28H,4-8,13H2,1-3H3,(H,25,26);3-5,7,9-11,14H,2,6,8,12-13H2,1H3,(H,26,27). The summed E-state index contributed by atoms with van der Waals surface area (Å²) in [4.78, 5) is 52.0. The first-order valence-electron chi connectivity index (χ1n) is 18.8. The summed E-state index contributed by atoms with van der Waals surface area (Å²) in [5, 5.41) is 17.8. The van der Waals surface area contributed by atoms with Crippen molar-refractivity contribution in [1.29, 1.82) is 0 Å². The van der Waals surface area contributed by atoms with Gasteiger partial charge < -0.3 is 20.0 Å². The normalized spacial score (nSPS) is 11.0. The molecule has 12 heteroatoms. The Kier molecular flexibility index (Phi) is 17.7. The smallest absolute Gasteiger partial charge is 0.416 e. The SMILES string of the molecule is CCCCN(C(=O)c1ccc(C)cc1S)c1cc(C)ccc1CCCC(=O)O.CCCN(C(=O)c1cccc(C(F)(F)F)c1)c1ccccc1CCCC(=O)O. The monoisotopic (exact) mass is 792 g/mol. The molecule has 2 N–H and O–H groups in total. The highest BCUT2D eigenvalue weighted by Crippen LogP contribution is 2.32. The first-order valence-corrected chi connectivity index (χ1v) is 19.2. The maximum Gasteiger partial charge on any atom is 0.416 e. The predicted molar refractivity (Wildman–Crippen MR) is 217 cm³/mol. The van der Waals surface area contributed by atoms with E-state index in [4.69, 9.17) is 10.2 Å². The third-order valence-electron chi connectivity index (χ3n) is 8.98. The number of thiol groups is 1. The van der Waals surface area contributed by atoms with Crippen molar-refractivity contribution in [3.63, 3.8) is 0 Å². The summed E-state index contributed by atoms with van der Waals surface area (Å²) in [6, 6.07) is 23.2. The number of carboxylic acids is 2. The van der Waals surface area contributed by atoms with E-state index in [0.717, 1.165) is 52.9 Å². The third-order valence-corrected chi connectivity index (χ3v) is 9.35. The van der Waals surface area contributed by atoms with E-state index in [2.05, 4.69) is 19.6 Å². The van der Waals surface area contributed by atoms with Crippen molar-refractivity contribution in [1.82, 2.24) is 0 Å². The van der Waals surface area contributed by atoms with Crippen LogP contribution in [0.5, 0.6) is 0 Å². The molecule has 4 aromatic carbocycles. The molecule has 0 bridgehead atoms. The van der Waals surface area contributed by atoms with Gasteiger partial charge in [-0.2, -0.15) is 13.2 Å². The Hall–Kier alpha value is -5.10. The third kappa shape index (κ3) is 13.6. The molecule has 0 heterocycles. The van der Waals surface area contributed by atoms with Crippen molar-refractivity contribution < 1.29 is 42.6 Å². The maximum atomic E-state index is 13.4. The van der Waals surface area contributed by atoms with Crippen LogP contribution in [0.1, 0.15) is 107 Å². The van der Waals surface area contributed by atoms with Crippen LogP contribution in [0.4, 0.5) is 24.5 Å². The summed E-state index contributed by atoms with van der Waals surface area (Å²) < 4.78 is 39.0. The number of hydrogen-bond acceptors (Lipinski definition) is 5. The zero-order valence-electron chi connectivity index (χ0n) is 32.4. The lowest BCUT2D eigenvalue weighted by Crippen LogP contribution is -2.33. The molecule has 0 fully saturated rings. The van der Waals surface area contributed by atoms with Crippen molar-refractivity contribution in [2.24, 2.45) is 0 Å². The van der Waals surface area contributed by atoms with E-state index >= 15 is 0 Å². The number of rotatable bonds is 17. The zero-order valence-corrected chi connectivity index (χ0v) is 33.3. The largest absolute Gasteiger partial charge is 0.481 e. The zero-order chi connectivity index (χ0) is 41.4. The average Bonchev–Trinajstić information content (AvgIpc) is 3.14. The molecule has 4 aromatic rings. The number of halogens is 3. The minimum atomic E-state index is -4.53. The van der Waals surface area contributed by atoms with E-state index in [0.29, 0.717) is 61.3 Å². The van der Waals surface area contributed by atoms with Crippen molar-refractivity contribution in [3.05, 3.63) is 124 Å². The topological polar surface area (TPSA) is 115 Å². The fourth-order valence-corrected chi connectivity index (χ4v) is 6.51. The molecule has 0 aliphatic carbocycles. The first-order chi connectivity index (χ1) is 26.6. The molecule has 300 valence electrons. The van der Waals surface area contributed by atoms with Crippen LogP contribution in [-0.2, 0) is 28.6 Å². The van der Waals surface area contributed by atoms with E-state index < -0.39 is 29.6 Å². The van der Waals surface area contributed by atoms with E-state index in [1.807, 2.05) is 62.1 Å². The number of anilines is 2. The first kappa shape index (κ1) is 45.3. The van der Waals surface area contributed by atoms with E-state index in [-0.39, 0.29) is 24.3 Å². The summed E-state index contributed by atoms with van der Waals surface area (Å²) in [5.74, 6) is -2.28. The lowest BCUT2D eigenvalue weighted by Gasteiger charge is -2.26. The van der Waals surface area contributed by atoms with Crippen LogP contribution in [0.2, 0.25) is 0 Å². The number of carbonyl (C=O) groups is 4. The van der Waals surface area contributed by atoms with Crippen molar-refractivity contribution in [2.75, 3.05) is 22.9 Å². The Morgan fingerprint density at radius 2 is 1.23 bits per heavy atom. The number of aryl methyl sites for hydroxylation is 4. The molecule has 0 unspecified atom stereocenters. The van der Waals surface area contributed by atoms with Crippen LogP contribution in [-0.4, -0.2) is 47.1 Å². The van der Waals surface area contributed by atoms with Gasteiger partial charge in [-0.25, -0.2) is 0 Å². The Morgan fingerprint density at radius 1 is 0.643 bits per heavy atom. The van der Waals surface area contributed by atoms with Gasteiger partial charge in [0, 0.05) is 47.8 Å². The number of para-hydroxylation sites is 1. The molecule has 2 amide bonds. The lowest BCUT2D eigenvalue weighted by atomic mass is 10.0. The molecule has 4 rings (SSSR count). The van der Waals surface area contributed by atoms with Crippen LogP contribution in [0, 0.1) is 13.8 Å². The van der Waals surface area contributed by atoms with Gasteiger partial charge in [0.25, 0.3) is 11.8 Å². The summed E-state index contributed by atoms with van der Waals surface area (Å²) >= 11 is 4.52. The lowest BCUT2D eigenvalue weighted by molar-refractivity contribution is -0.138. The number of carboxylic acid groups (broad SMARTS) is 2. The number of benzene rings is 4. The summed E-state index contributed by atoms with van der Waals surface area (Å²) in [7, 11) is 0. The molecule has 0 spiro atoms. The summed E-state index contributed by atoms with van der Waals surface area (Å²) in [6.45, 7) is 8.91. The number of carbonyl (C=O) groups excluding carboxylic acids is 2. The molecule has 0 aromatic heterocycles. The van der Waals surface area contributed by atoms with Gasteiger partial charge in [0.1, 0.15) is 0 Å². The molecular formula is C44H51F3N2O6S. The number of aliphatic carboxylic acids is 2. The Bertz CT molecular complexity index is 1970. The number of hydrogen-bond donors (Lipinski definition) is 3. The van der Waals surface area contributed by atoms with Gasteiger partial charge >= 0.3 is 18.1 Å². The second-order valence-electron chi connectivity index (χ2n) is 13.6. The van der Waals surface area contributed by atoms with Crippen LogP contribution >= 0.6 is 12.6 Å². The highest BCUT2D eigenvalue weighted by atomic mass is 32.1. The van der Waals surface area contributed by atoms with Gasteiger partial charge in [0.05, 0.1) is 11.1 Å². The maximum absolute atomic E-state index is 13.4. The number of unbranched alkanes of at least 4 members (excludes halogenated alkanes) is 1. The minimum Gasteiger partial charge on any atom is -0.481 e. The van der Waals surface area contributed by atoms with Gasteiger partial charge in [-0.15, -0.1) is 12.6 Å². The van der Waals surface area contributed by atoms with Gasteiger partial charge in [0.15, 0.2) is 0 Å². The Morgan fingerprint density at radius 3 is 1.82 bits per heavy atom. The van der Waals surface area contributed by atoms with Crippen LogP contribution in [0.3, 0.4) is 0 Å². The fourth-order valence-electron chi connectivity index (χ4n) is 6.14. The Balaban J connectivity index is 0.000000300. The molecular weight excluding hydrogens is 742 g/mol. The average molecular weight is 793 g/mol. The summed E-state index contributed by atoms with van der Waals surface area (Å²) in [6.07, 6.45) is 0.118. The molecule has 0 saturated carbocycles. The molecule has 56 heavy (non-hydrogen) atoms. The van der Waals surface area contributed by atoms with E-state index in [1.54, 1.807) is 24.3 Å². The fraction of sp³-hybridized carbons (Fsp3) is 0.364. The second-order valence-corrected chi connectivity index (χ2v) is 14.1. The van der Waals surface area contributed by atoms with Crippen LogP contribution in [0.25, 0.3) is 0 Å². The Labute approximate surface area is 332 Å². The minimum absolute atomic E-state index is 0.00366. The predicted octanol–water partition coefficient (Wildman–Crippen LogP) is 10.6. The quantitative estimate of drug-likeness (QED) is 0.0917. The molecule has 0 aliphatic rings. The highest BCUT2D eigenvalue weighted by Gasteiger charge is 2.31. The second kappa shape index (κ2) is 21.8. The van der Waals surface area contributed by atoms with Crippen molar-refractivity contribution in [3.8, 4) is 0 Å². The van der Waals surface area contributed by atoms with E-state index in [9.17, 15) is 32.3 Å². The van der Waals surface area contributed by atoms with Crippen molar-refractivity contribution in [2.45, 2.75) is 96.6 Å². The van der Waals surface area contributed by atoms with Gasteiger partial charge in [-0.1, -0.05) is 62.7 Å². The highest BCUT2D eigenvalue weighted by molar-refractivity contribution is 7.80. The number of alkyl halides is 3. The molecule has 8 nitrogen and oxygen atoms in total. The number of amides is 2. The van der Waals surface area contributed by atoms with Gasteiger partial charge in [-0.3, -0.25) is 19.2 Å². The van der Waals surface area contributed by atoms with Gasteiger partial charge in [-0.05, 0) is 117 Å². The van der Waals surface area contributed by atoms with E-state index in [1.165, 1.54) is 17.0 Å². The molecule has 0 atom stereocenters. The van der Waals surface area contributed by atoms with Crippen LogP contribution < -0.4 is 9.80 Å². The number of nitrogens with zero attached hydrogens (tertiary/aromatic N) is 2. The summed E-state index contributed by atoms with van der Waals surface area (Å²) in [5.41, 5.74) is 5.07. The molecule has 0 saturated heterocycles. The van der Waals surface area contributed by atoms with Gasteiger partial charge in [0.2, 0.25) is 0 Å². The van der Waals surface area contributed by atoms with Crippen LogP contribution in [0.15, 0.2) is 89.8 Å².